The molecule has 2 N–H and O–H groups in total. The summed E-state index contributed by atoms with van der Waals surface area (Å²) < 4.78 is 11.0. The van der Waals surface area contributed by atoms with Crippen molar-refractivity contribution in [1.29, 1.82) is 0 Å². The summed E-state index contributed by atoms with van der Waals surface area (Å²) in [6.45, 7) is 6.74. The summed E-state index contributed by atoms with van der Waals surface area (Å²) in [6, 6.07) is 11.7. The van der Waals surface area contributed by atoms with Crippen molar-refractivity contribution < 1.29 is 9.47 Å². The van der Waals surface area contributed by atoms with Gasteiger partial charge in [-0.05, 0) is 49.6 Å². The largest absolute Gasteiger partial charge is 0.497 e. The first-order valence-electron chi connectivity index (χ1n) is 7.11. The fourth-order valence-electron chi connectivity index (χ4n) is 2.74. The lowest BCUT2D eigenvalue weighted by Crippen LogP contribution is -2.21. The van der Waals surface area contributed by atoms with Crippen LogP contribution in [0.2, 0.25) is 0 Å². The van der Waals surface area contributed by atoms with Crippen molar-refractivity contribution in [2.24, 2.45) is 5.73 Å². The average Bonchev–Trinajstić information content (AvgIpc) is 2.44. The van der Waals surface area contributed by atoms with Gasteiger partial charge in [0.2, 0.25) is 0 Å². The van der Waals surface area contributed by atoms with Crippen LogP contribution in [0.15, 0.2) is 36.4 Å². The summed E-state index contributed by atoms with van der Waals surface area (Å²) >= 11 is 0. The molecular weight excluding hydrogens is 262 g/mol. The Kier molecular flexibility index (Phi) is 4.86. The molecular formula is C18H23NO2. The maximum absolute atomic E-state index is 6.31. The molecule has 0 saturated heterocycles. The van der Waals surface area contributed by atoms with E-state index in [4.69, 9.17) is 15.2 Å². The smallest absolute Gasteiger partial charge is 0.123 e. The van der Waals surface area contributed by atoms with Crippen molar-refractivity contribution in [1.82, 2.24) is 0 Å². The van der Waals surface area contributed by atoms with Crippen LogP contribution in [0.5, 0.6) is 11.5 Å². The van der Waals surface area contributed by atoms with E-state index in [1.54, 1.807) is 7.11 Å². The zero-order valence-electron chi connectivity index (χ0n) is 13.1. The molecule has 112 valence electrons. The van der Waals surface area contributed by atoms with Gasteiger partial charge in [-0.15, -0.1) is 0 Å². The van der Waals surface area contributed by atoms with Crippen molar-refractivity contribution in [2.75, 3.05) is 13.7 Å². The molecule has 0 radical (unpaired) electrons. The predicted octanol–water partition coefficient (Wildman–Crippen LogP) is 3.70. The quantitative estimate of drug-likeness (QED) is 0.911. The highest BCUT2D eigenvalue weighted by molar-refractivity contribution is 5.40. The number of methoxy groups -OCH3 is 1. The Morgan fingerprint density at radius 3 is 2.24 bits per heavy atom. The summed E-state index contributed by atoms with van der Waals surface area (Å²) in [5, 5.41) is 0. The number of ether oxygens (including phenoxy) is 2. The van der Waals surface area contributed by atoms with Gasteiger partial charge in [-0.25, -0.2) is 0 Å². The second kappa shape index (κ2) is 6.64. The summed E-state index contributed by atoms with van der Waals surface area (Å²) in [5.41, 5.74) is 11.2. The molecule has 2 aromatic rings. The van der Waals surface area contributed by atoms with Crippen molar-refractivity contribution in [2.45, 2.75) is 26.8 Å². The van der Waals surface area contributed by atoms with Crippen LogP contribution in [-0.4, -0.2) is 13.7 Å². The highest BCUT2D eigenvalue weighted by Crippen LogP contribution is 2.24. The summed E-state index contributed by atoms with van der Waals surface area (Å²) in [5.74, 6) is 1.55. The maximum atomic E-state index is 6.31. The van der Waals surface area contributed by atoms with Crippen LogP contribution in [0.25, 0.3) is 0 Å². The highest BCUT2D eigenvalue weighted by atomic mass is 16.5. The molecule has 0 aromatic heterocycles. The lowest BCUT2D eigenvalue weighted by Gasteiger charge is -2.19. The van der Waals surface area contributed by atoms with Gasteiger partial charge in [0.05, 0.1) is 13.2 Å². The van der Waals surface area contributed by atoms with Crippen LogP contribution in [-0.2, 0) is 0 Å². The van der Waals surface area contributed by atoms with E-state index in [0.29, 0.717) is 6.61 Å². The number of nitrogens with two attached hydrogens (primary N) is 1. The second-order valence-corrected chi connectivity index (χ2v) is 5.41. The second-order valence-electron chi connectivity index (χ2n) is 5.41. The van der Waals surface area contributed by atoms with Crippen LogP contribution < -0.4 is 15.2 Å². The van der Waals surface area contributed by atoms with Gasteiger partial charge in [0.25, 0.3) is 0 Å². The Morgan fingerprint density at radius 2 is 1.62 bits per heavy atom. The van der Waals surface area contributed by atoms with Gasteiger partial charge >= 0.3 is 0 Å². The number of hydrogen-bond acceptors (Lipinski definition) is 3. The zero-order chi connectivity index (χ0) is 15.4. The number of benzene rings is 2. The van der Waals surface area contributed by atoms with E-state index in [1.165, 1.54) is 22.3 Å². The minimum Gasteiger partial charge on any atom is -0.497 e. The van der Waals surface area contributed by atoms with Gasteiger partial charge in [-0.1, -0.05) is 23.8 Å². The molecule has 3 heteroatoms. The number of aryl methyl sites for hydroxylation is 3. The van der Waals surface area contributed by atoms with Gasteiger partial charge in [0.1, 0.15) is 18.1 Å². The fraction of sp³-hybridized carbons (Fsp3) is 0.333. The minimum absolute atomic E-state index is 0.142. The van der Waals surface area contributed by atoms with E-state index < -0.39 is 0 Å². The topological polar surface area (TPSA) is 44.5 Å². The monoisotopic (exact) mass is 285 g/mol. The number of rotatable bonds is 5. The van der Waals surface area contributed by atoms with E-state index in [-0.39, 0.29) is 6.04 Å². The summed E-state index contributed by atoms with van der Waals surface area (Å²) in [4.78, 5) is 0. The van der Waals surface area contributed by atoms with Crippen LogP contribution in [0.1, 0.15) is 28.3 Å². The minimum atomic E-state index is -0.142. The van der Waals surface area contributed by atoms with Crippen molar-refractivity contribution in [3.05, 3.63) is 58.7 Å². The Morgan fingerprint density at radius 1 is 1.00 bits per heavy atom. The molecule has 21 heavy (non-hydrogen) atoms. The van der Waals surface area contributed by atoms with E-state index in [2.05, 4.69) is 32.9 Å². The van der Waals surface area contributed by atoms with Gasteiger partial charge < -0.3 is 15.2 Å². The molecule has 0 fully saturated rings. The maximum Gasteiger partial charge on any atom is 0.123 e. The first-order chi connectivity index (χ1) is 10.0. The van der Waals surface area contributed by atoms with E-state index in [9.17, 15) is 0 Å². The van der Waals surface area contributed by atoms with Crippen molar-refractivity contribution in [3.8, 4) is 11.5 Å². The molecule has 2 aromatic carbocycles. The average molecular weight is 285 g/mol. The molecule has 0 aliphatic rings. The van der Waals surface area contributed by atoms with E-state index in [0.717, 1.165) is 11.5 Å². The predicted molar refractivity (Wildman–Crippen MR) is 86.1 cm³/mol. The molecule has 1 unspecified atom stereocenters. The SMILES string of the molecule is COc1cccc(OCC(N)c2c(C)cc(C)cc2C)c1. The molecule has 0 spiro atoms. The Hall–Kier alpha value is -2.00. The molecule has 2 rings (SSSR count). The zero-order valence-corrected chi connectivity index (χ0v) is 13.1. The lowest BCUT2D eigenvalue weighted by molar-refractivity contribution is 0.288. The number of hydrogen-bond donors (Lipinski definition) is 1. The third-order valence-electron chi connectivity index (χ3n) is 3.58. The van der Waals surface area contributed by atoms with Gasteiger partial charge in [-0.3, -0.25) is 0 Å². The first-order valence-corrected chi connectivity index (χ1v) is 7.11. The Bertz CT molecular complexity index is 599. The van der Waals surface area contributed by atoms with Gasteiger partial charge in [0, 0.05) is 6.07 Å². The third kappa shape index (κ3) is 3.76. The summed E-state index contributed by atoms with van der Waals surface area (Å²) in [6.07, 6.45) is 0. The molecule has 3 nitrogen and oxygen atoms in total. The van der Waals surface area contributed by atoms with Gasteiger partial charge in [-0.2, -0.15) is 0 Å². The fourth-order valence-corrected chi connectivity index (χ4v) is 2.74. The lowest BCUT2D eigenvalue weighted by atomic mass is 9.95. The van der Waals surface area contributed by atoms with Crippen molar-refractivity contribution in [3.63, 3.8) is 0 Å². The molecule has 0 amide bonds. The molecule has 0 aliphatic heterocycles. The van der Waals surface area contributed by atoms with Crippen LogP contribution in [0, 0.1) is 20.8 Å². The van der Waals surface area contributed by atoms with Crippen LogP contribution in [0.3, 0.4) is 0 Å². The Labute approximate surface area is 126 Å². The van der Waals surface area contributed by atoms with E-state index >= 15 is 0 Å². The van der Waals surface area contributed by atoms with Crippen molar-refractivity contribution >= 4 is 0 Å². The third-order valence-corrected chi connectivity index (χ3v) is 3.58. The molecule has 0 aliphatic carbocycles. The molecule has 1 atom stereocenters. The van der Waals surface area contributed by atoms with Gasteiger partial charge in [0.15, 0.2) is 0 Å². The van der Waals surface area contributed by atoms with E-state index in [1.807, 2.05) is 24.3 Å². The Balaban J connectivity index is 2.10. The molecule has 0 bridgehead atoms. The highest BCUT2D eigenvalue weighted by Gasteiger charge is 2.13. The normalized spacial score (nSPS) is 12.0. The summed E-state index contributed by atoms with van der Waals surface area (Å²) in [7, 11) is 1.64. The molecule has 0 heterocycles. The first kappa shape index (κ1) is 15.4. The van der Waals surface area contributed by atoms with Crippen LogP contribution in [0.4, 0.5) is 0 Å². The standard InChI is InChI=1S/C18H23NO2/c1-12-8-13(2)18(14(3)9-12)17(19)11-21-16-7-5-6-15(10-16)20-4/h5-10,17H,11,19H2,1-4H3. The van der Waals surface area contributed by atoms with Crippen LogP contribution >= 0.6 is 0 Å². The molecule has 0 saturated carbocycles.